The van der Waals surface area contributed by atoms with Crippen LogP contribution in [-0.2, 0) is 9.47 Å². The van der Waals surface area contributed by atoms with Gasteiger partial charge in [0.05, 0.1) is 12.2 Å². The lowest BCUT2D eigenvalue weighted by atomic mass is 9.96. The molecule has 2 nitrogen and oxygen atoms in total. The molecule has 0 N–H and O–H groups in total. The first-order valence-corrected chi connectivity index (χ1v) is 15.2. The van der Waals surface area contributed by atoms with Crippen molar-refractivity contribution in [3.05, 3.63) is 72.8 Å². The van der Waals surface area contributed by atoms with E-state index >= 15 is 0 Å². The standard InChI is InChI=1S/C11H22.C10H20O2.2C6H6.C2H6/c1-10-6-3-4-7-11(2)9-5-8-10;1-11-9-5-3-7-10(12-2)8-4-6-9;2*1-2-4-6-5-3-1;1-2/h10-11H,3-9H2,1-2H3;9-10H,3-8H2,1-2H3;2*1-6H;1-2H3. The molecule has 0 aromatic heterocycles. The molecule has 2 unspecified atom stereocenters. The van der Waals surface area contributed by atoms with Gasteiger partial charge in [-0.25, -0.2) is 0 Å². The van der Waals surface area contributed by atoms with Crippen LogP contribution >= 0.6 is 0 Å². The lowest BCUT2D eigenvalue weighted by Gasteiger charge is -2.22. The third-order valence-corrected chi connectivity index (χ3v) is 7.14. The molecule has 0 radical (unpaired) electrons. The largest absolute Gasteiger partial charge is 0.381 e. The van der Waals surface area contributed by atoms with Gasteiger partial charge in [0.25, 0.3) is 0 Å². The summed E-state index contributed by atoms with van der Waals surface area (Å²) in [6.07, 6.45) is 18.7. The summed E-state index contributed by atoms with van der Waals surface area (Å²) in [5.41, 5.74) is 0. The van der Waals surface area contributed by atoms with Crippen molar-refractivity contribution in [1.82, 2.24) is 0 Å². The van der Waals surface area contributed by atoms with Crippen LogP contribution in [0.2, 0.25) is 0 Å². The molecular weight excluding hydrogens is 452 g/mol. The van der Waals surface area contributed by atoms with E-state index in [0.29, 0.717) is 12.2 Å². The zero-order valence-electron chi connectivity index (χ0n) is 25.2. The van der Waals surface area contributed by atoms with Crippen LogP contribution < -0.4 is 0 Å². The van der Waals surface area contributed by atoms with E-state index in [1.54, 1.807) is 0 Å². The van der Waals surface area contributed by atoms with Gasteiger partial charge in [-0.3, -0.25) is 0 Å². The van der Waals surface area contributed by atoms with Crippen LogP contribution in [0.15, 0.2) is 72.8 Å². The molecule has 2 fully saturated rings. The molecule has 2 saturated carbocycles. The molecule has 0 bridgehead atoms. The van der Waals surface area contributed by atoms with Crippen molar-refractivity contribution in [2.24, 2.45) is 11.8 Å². The van der Waals surface area contributed by atoms with Crippen LogP contribution in [0.1, 0.15) is 111 Å². The molecule has 0 aliphatic heterocycles. The van der Waals surface area contributed by atoms with Crippen LogP contribution in [0.25, 0.3) is 0 Å². The van der Waals surface area contributed by atoms with Gasteiger partial charge in [-0.05, 0) is 50.4 Å². The molecule has 37 heavy (non-hydrogen) atoms. The van der Waals surface area contributed by atoms with Crippen LogP contribution in [0.5, 0.6) is 0 Å². The molecule has 0 amide bonds. The van der Waals surface area contributed by atoms with Gasteiger partial charge in [-0.1, -0.05) is 145 Å². The smallest absolute Gasteiger partial charge is 0.0571 e. The molecule has 0 spiro atoms. The maximum absolute atomic E-state index is 5.35. The average molecular weight is 513 g/mol. The van der Waals surface area contributed by atoms with Gasteiger partial charge in [-0.15, -0.1) is 0 Å². The SMILES string of the molecule is CC.CC1CCCCC(C)CCC1.COC1CCCC(OC)CCC1.c1ccccc1.c1ccccc1. The number of methoxy groups -OCH3 is 2. The zero-order valence-corrected chi connectivity index (χ0v) is 25.2. The maximum Gasteiger partial charge on any atom is 0.0571 e. The second-order valence-corrected chi connectivity index (χ2v) is 10.3. The van der Waals surface area contributed by atoms with E-state index in [4.69, 9.17) is 9.47 Å². The Labute approximate surface area is 231 Å². The third kappa shape index (κ3) is 23.2. The van der Waals surface area contributed by atoms with Crippen LogP contribution in [-0.4, -0.2) is 26.4 Å². The highest BCUT2D eigenvalue weighted by atomic mass is 16.5. The molecular formula is C35H60O2. The summed E-state index contributed by atoms with van der Waals surface area (Å²) in [5.74, 6) is 2.00. The lowest BCUT2D eigenvalue weighted by molar-refractivity contribution is 0.0413. The fraction of sp³-hybridized carbons (Fsp3) is 0.657. The fourth-order valence-corrected chi connectivity index (χ4v) is 4.77. The van der Waals surface area contributed by atoms with Crippen LogP contribution in [0.4, 0.5) is 0 Å². The normalized spacial score (nSPS) is 23.8. The number of benzene rings is 2. The first-order chi connectivity index (χ1) is 18.2. The molecule has 2 aromatic carbocycles. The summed E-state index contributed by atoms with van der Waals surface area (Å²) in [7, 11) is 3.64. The number of hydrogen-bond donors (Lipinski definition) is 0. The zero-order chi connectivity index (χ0) is 27.4. The quantitative estimate of drug-likeness (QED) is 0.398. The molecule has 2 atom stereocenters. The number of hydrogen-bond acceptors (Lipinski definition) is 2. The van der Waals surface area contributed by atoms with Gasteiger partial charge in [0.15, 0.2) is 0 Å². The fourth-order valence-electron chi connectivity index (χ4n) is 4.77. The Morgan fingerprint density at radius 2 is 0.595 bits per heavy atom. The Morgan fingerprint density at radius 1 is 0.378 bits per heavy atom. The van der Waals surface area contributed by atoms with Crippen molar-refractivity contribution in [2.75, 3.05) is 14.2 Å². The minimum absolute atomic E-state index is 0.503. The van der Waals surface area contributed by atoms with Crippen molar-refractivity contribution in [1.29, 1.82) is 0 Å². The molecule has 2 aliphatic rings. The van der Waals surface area contributed by atoms with Crippen molar-refractivity contribution in [3.63, 3.8) is 0 Å². The number of ether oxygens (including phenoxy) is 2. The van der Waals surface area contributed by atoms with E-state index in [-0.39, 0.29) is 0 Å². The summed E-state index contributed by atoms with van der Waals surface area (Å²) in [6, 6.07) is 24.0. The molecule has 4 rings (SSSR count). The molecule has 2 aliphatic carbocycles. The van der Waals surface area contributed by atoms with E-state index in [0.717, 1.165) is 11.8 Å². The van der Waals surface area contributed by atoms with Crippen molar-refractivity contribution >= 4 is 0 Å². The highest BCUT2D eigenvalue weighted by molar-refractivity contribution is 4.99. The maximum atomic E-state index is 5.35. The minimum atomic E-state index is 0.503. The molecule has 0 heterocycles. The molecule has 212 valence electrons. The van der Waals surface area contributed by atoms with E-state index in [9.17, 15) is 0 Å². The molecule has 0 saturated heterocycles. The molecule has 2 heteroatoms. The second kappa shape index (κ2) is 27.4. The van der Waals surface area contributed by atoms with Gasteiger partial charge in [0.2, 0.25) is 0 Å². The topological polar surface area (TPSA) is 18.5 Å². The van der Waals surface area contributed by atoms with Crippen molar-refractivity contribution in [2.45, 2.75) is 123 Å². The Balaban J connectivity index is 0.000000475. The lowest BCUT2D eigenvalue weighted by Crippen LogP contribution is -2.18. The van der Waals surface area contributed by atoms with Gasteiger partial charge >= 0.3 is 0 Å². The Bertz CT molecular complexity index is 526. The highest BCUT2D eigenvalue weighted by Crippen LogP contribution is 2.24. The van der Waals surface area contributed by atoms with Crippen LogP contribution in [0, 0.1) is 11.8 Å². The van der Waals surface area contributed by atoms with Gasteiger partial charge in [-0.2, -0.15) is 0 Å². The minimum Gasteiger partial charge on any atom is -0.381 e. The summed E-state index contributed by atoms with van der Waals surface area (Å²) in [5, 5.41) is 0. The summed E-state index contributed by atoms with van der Waals surface area (Å²) >= 11 is 0. The van der Waals surface area contributed by atoms with E-state index in [1.807, 2.05) is 101 Å². The van der Waals surface area contributed by atoms with E-state index in [1.165, 1.54) is 83.5 Å². The molecule has 2 aromatic rings. The predicted octanol–water partition coefficient (Wildman–Crippen LogP) is 10.8. The van der Waals surface area contributed by atoms with E-state index in [2.05, 4.69) is 13.8 Å². The van der Waals surface area contributed by atoms with Gasteiger partial charge in [0, 0.05) is 14.2 Å². The average Bonchev–Trinajstić information content (AvgIpc) is 3.04. The predicted molar refractivity (Wildman–Crippen MR) is 164 cm³/mol. The summed E-state index contributed by atoms with van der Waals surface area (Å²) in [6.45, 7) is 8.83. The monoisotopic (exact) mass is 512 g/mol. The highest BCUT2D eigenvalue weighted by Gasteiger charge is 2.15. The first kappa shape index (κ1) is 35.4. The second-order valence-electron chi connectivity index (χ2n) is 10.3. The summed E-state index contributed by atoms with van der Waals surface area (Å²) < 4.78 is 10.7. The third-order valence-electron chi connectivity index (χ3n) is 7.14. The van der Waals surface area contributed by atoms with E-state index < -0.39 is 0 Å². The Kier molecular flexibility index (Phi) is 26.2. The first-order valence-electron chi connectivity index (χ1n) is 15.2. The van der Waals surface area contributed by atoms with Crippen molar-refractivity contribution < 1.29 is 9.47 Å². The van der Waals surface area contributed by atoms with Gasteiger partial charge in [0.1, 0.15) is 0 Å². The van der Waals surface area contributed by atoms with Crippen molar-refractivity contribution in [3.8, 4) is 0 Å². The Morgan fingerprint density at radius 3 is 0.838 bits per heavy atom. The summed E-state index contributed by atoms with van der Waals surface area (Å²) in [4.78, 5) is 0. The Hall–Kier alpha value is -1.64. The number of rotatable bonds is 2. The van der Waals surface area contributed by atoms with Crippen LogP contribution in [0.3, 0.4) is 0 Å². The van der Waals surface area contributed by atoms with Gasteiger partial charge < -0.3 is 9.47 Å².